The Kier molecular flexibility index (Phi) is 6.38. The quantitative estimate of drug-likeness (QED) is 0.536. The molecule has 0 radical (unpaired) electrons. The topological polar surface area (TPSA) is 47.7 Å². The van der Waals surface area contributed by atoms with Crippen LogP contribution in [0, 0.1) is 19.8 Å². The van der Waals surface area contributed by atoms with Gasteiger partial charge in [0.15, 0.2) is 0 Å². The van der Waals surface area contributed by atoms with Crippen molar-refractivity contribution in [2.45, 2.75) is 33.2 Å². The fraction of sp³-hybridized carbons (Fsp3) is 0.400. The summed E-state index contributed by atoms with van der Waals surface area (Å²) in [5, 5.41) is 0. The van der Waals surface area contributed by atoms with Crippen molar-refractivity contribution < 1.29 is 13.9 Å². The molecule has 1 fully saturated rings. The van der Waals surface area contributed by atoms with E-state index in [0.29, 0.717) is 11.8 Å². The number of hydrogen-bond acceptors (Lipinski definition) is 5. The SMILES string of the molecule is COc1ccccc1-c1nc(CN2CCC[C@H](COc3ccc(C)cc3)C2)c(C)o1. The van der Waals surface area contributed by atoms with E-state index in [0.717, 1.165) is 54.8 Å². The highest BCUT2D eigenvalue weighted by Crippen LogP contribution is 2.31. The largest absolute Gasteiger partial charge is 0.496 e. The molecule has 0 bridgehead atoms. The van der Waals surface area contributed by atoms with Crippen LogP contribution in [0.5, 0.6) is 11.5 Å². The molecular weight excluding hydrogens is 376 g/mol. The van der Waals surface area contributed by atoms with Crippen LogP contribution in [0.4, 0.5) is 0 Å². The van der Waals surface area contributed by atoms with E-state index < -0.39 is 0 Å². The van der Waals surface area contributed by atoms with Gasteiger partial charge in [-0.05, 0) is 57.5 Å². The molecular formula is C25H30N2O3. The number of aryl methyl sites for hydroxylation is 2. The Morgan fingerprint density at radius 1 is 1.10 bits per heavy atom. The van der Waals surface area contributed by atoms with Gasteiger partial charge < -0.3 is 13.9 Å². The van der Waals surface area contributed by atoms with E-state index in [4.69, 9.17) is 18.9 Å². The molecule has 1 aliphatic rings. The van der Waals surface area contributed by atoms with E-state index in [1.54, 1.807) is 7.11 Å². The number of piperidine rings is 1. The first-order valence-corrected chi connectivity index (χ1v) is 10.6. The lowest BCUT2D eigenvalue weighted by Crippen LogP contribution is -2.37. The fourth-order valence-corrected chi connectivity index (χ4v) is 4.00. The van der Waals surface area contributed by atoms with E-state index in [9.17, 15) is 0 Å². The number of ether oxygens (including phenoxy) is 2. The molecule has 4 rings (SSSR count). The molecule has 2 aromatic carbocycles. The molecule has 0 saturated carbocycles. The molecule has 1 aromatic heterocycles. The number of methoxy groups -OCH3 is 1. The first-order chi connectivity index (χ1) is 14.6. The molecule has 2 heterocycles. The number of benzene rings is 2. The average Bonchev–Trinajstić information content (AvgIpc) is 3.13. The second-order valence-electron chi connectivity index (χ2n) is 8.09. The van der Waals surface area contributed by atoms with Crippen LogP contribution in [-0.2, 0) is 6.54 Å². The van der Waals surface area contributed by atoms with Crippen LogP contribution >= 0.6 is 0 Å². The second kappa shape index (κ2) is 9.35. The summed E-state index contributed by atoms with van der Waals surface area (Å²) in [6.45, 7) is 7.73. The van der Waals surface area contributed by atoms with Crippen molar-refractivity contribution in [2.24, 2.45) is 5.92 Å². The van der Waals surface area contributed by atoms with Gasteiger partial charge in [0, 0.05) is 19.0 Å². The predicted molar refractivity (Wildman–Crippen MR) is 118 cm³/mol. The fourth-order valence-electron chi connectivity index (χ4n) is 4.00. The Bertz CT molecular complexity index is 965. The molecule has 1 aliphatic heterocycles. The van der Waals surface area contributed by atoms with Gasteiger partial charge in [0.2, 0.25) is 5.89 Å². The standard InChI is InChI=1S/C25H30N2O3/c1-18-10-12-21(13-11-18)29-17-20-7-6-14-27(15-20)16-23-19(2)30-25(26-23)22-8-4-5-9-24(22)28-3/h4-5,8-13,20H,6-7,14-17H2,1-3H3/t20-/m0/s1. The van der Waals surface area contributed by atoms with Gasteiger partial charge in [-0.2, -0.15) is 0 Å². The van der Waals surface area contributed by atoms with Crippen LogP contribution in [0.1, 0.15) is 29.9 Å². The smallest absolute Gasteiger partial charge is 0.230 e. The minimum Gasteiger partial charge on any atom is -0.496 e. The maximum absolute atomic E-state index is 6.04. The highest BCUT2D eigenvalue weighted by molar-refractivity contribution is 5.62. The summed E-state index contributed by atoms with van der Waals surface area (Å²) in [5.41, 5.74) is 3.13. The van der Waals surface area contributed by atoms with Gasteiger partial charge in [-0.25, -0.2) is 4.98 Å². The maximum Gasteiger partial charge on any atom is 0.230 e. The van der Waals surface area contributed by atoms with Gasteiger partial charge in [0.05, 0.1) is 25.0 Å². The van der Waals surface area contributed by atoms with Crippen LogP contribution in [0.25, 0.3) is 11.5 Å². The first-order valence-electron chi connectivity index (χ1n) is 10.6. The molecule has 3 aromatic rings. The van der Waals surface area contributed by atoms with Crippen LogP contribution < -0.4 is 9.47 Å². The number of rotatable bonds is 7. The van der Waals surface area contributed by atoms with Crippen molar-refractivity contribution in [3.05, 3.63) is 65.5 Å². The van der Waals surface area contributed by atoms with Gasteiger partial charge in [-0.3, -0.25) is 4.90 Å². The minimum absolute atomic E-state index is 0.529. The van der Waals surface area contributed by atoms with Gasteiger partial charge >= 0.3 is 0 Å². The zero-order valence-corrected chi connectivity index (χ0v) is 18.1. The molecule has 30 heavy (non-hydrogen) atoms. The number of aromatic nitrogens is 1. The molecule has 1 saturated heterocycles. The van der Waals surface area contributed by atoms with Crippen LogP contribution in [0.3, 0.4) is 0 Å². The Morgan fingerprint density at radius 3 is 2.70 bits per heavy atom. The lowest BCUT2D eigenvalue weighted by molar-refractivity contribution is 0.124. The molecule has 0 spiro atoms. The Morgan fingerprint density at radius 2 is 1.90 bits per heavy atom. The second-order valence-corrected chi connectivity index (χ2v) is 8.09. The van der Waals surface area contributed by atoms with E-state index in [1.807, 2.05) is 43.3 Å². The van der Waals surface area contributed by atoms with Crippen molar-refractivity contribution in [3.63, 3.8) is 0 Å². The minimum atomic E-state index is 0.529. The Hall–Kier alpha value is -2.79. The van der Waals surface area contributed by atoms with Crippen molar-refractivity contribution in [1.29, 1.82) is 0 Å². The number of hydrogen-bond donors (Lipinski definition) is 0. The van der Waals surface area contributed by atoms with Crippen molar-refractivity contribution >= 4 is 0 Å². The number of likely N-dealkylation sites (tertiary alicyclic amines) is 1. The van der Waals surface area contributed by atoms with Crippen molar-refractivity contribution in [3.8, 4) is 23.0 Å². The van der Waals surface area contributed by atoms with Gasteiger partial charge in [-0.15, -0.1) is 0 Å². The van der Waals surface area contributed by atoms with Crippen LogP contribution in [0.2, 0.25) is 0 Å². The lowest BCUT2D eigenvalue weighted by Gasteiger charge is -2.32. The number of nitrogens with zero attached hydrogens (tertiary/aromatic N) is 2. The van der Waals surface area contributed by atoms with Crippen LogP contribution in [-0.4, -0.2) is 36.7 Å². The third-order valence-electron chi connectivity index (χ3n) is 5.71. The zero-order valence-electron chi connectivity index (χ0n) is 18.1. The Balaban J connectivity index is 1.38. The third-order valence-corrected chi connectivity index (χ3v) is 5.71. The molecule has 0 aliphatic carbocycles. The van der Waals surface area contributed by atoms with E-state index >= 15 is 0 Å². The summed E-state index contributed by atoms with van der Waals surface area (Å²) in [4.78, 5) is 7.25. The van der Waals surface area contributed by atoms with Gasteiger partial charge in [-0.1, -0.05) is 29.8 Å². The molecule has 0 unspecified atom stereocenters. The molecule has 1 atom stereocenters. The maximum atomic E-state index is 6.04. The monoisotopic (exact) mass is 406 g/mol. The van der Waals surface area contributed by atoms with Gasteiger partial charge in [0.25, 0.3) is 0 Å². The number of oxazole rings is 1. The summed E-state index contributed by atoms with van der Waals surface area (Å²) < 4.78 is 17.5. The highest BCUT2D eigenvalue weighted by atomic mass is 16.5. The van der Waals surface area contributed by atoms with Crippen molar-refractivity contribution in [1.82, 2.24) is 9.88 Å². The summed E-state index contributed by atoms with van der Waals surface area (Å²) >= 11 is 0. The third kappa shape index (κ3) is 4.85. The molecule has 0 N–H and O–H groups in total. The van der Waals surface area contributed by atoms with E-state index in [2.05, 4.69) is 24.0 Å². The molecule has 158 valence electrons. The Labute approximate surface area is 178 Å². The highest BCUT2D eigenvalue weighted by Gasteiger charge is 2.23. The van der Waals surface area contributed by atoms with E-state index in [1.165, 1.54) is 18.4 Å². The average molecular weight is 407 g/mol. The van der Waals surface area contributed by atoms with E-state index in [-0.39, 0.29) is 0 Å². The summed E-state index contributed by atoms with van der Waals surface area (Å²) in [5.74, 6) is 3.74. The predicted octanol–water partition coefficient (Wildman–Crippen LogP) is 5.26. The van der Waals surface area contributed by atoms with Crippen LogP contribution in [0.15, 0.2) is 52.9 Å². The molecule has 5 nitrogen and oxygen atoms in total. The summed E-state index contributed by atoms with van der Waals surface area (Å²) in [7, 11) is 1.67. The van der Waals surface area contributed by atoms with Crippen molar-refractivity contribution in [2.75, 3.05) is 26.8 Å². The summed E-state index contributed by atoms with van der Waals surface area (Å²) in [6, 6.07) is 16.1. The first kappa shape index (κ1) is 20.5. The number of para-hydroxylation sites is 1. The van der Waals surface area contributed by atoms with Gasteiger partial charge in [0.1, 0.15) is 17.3 Å². The zero-order chi connectivity index (χ0) is 20.9. The molecule has 5 heteroatoms. The summed E-state index contributed by atoms with van der Waals surface area (Å²) in [6.07, 6.45) is 2.38. The normalized spacial score (nSPS) is 17.1. The molecule has 0 amide bonds. The lowest BCUT2D eigenvalue weighted by atomic mass is 9.99.